The van der Waals surface area contributed by atoms with Crippen LogP contribution in [0.15, 0.2) is 46.1 Å². The zero-order valence-electron chi connectivity index (χ0n) is 16.4. The third kappa shape index (κ3) is 3.48. The summed E-state index contributed by atoms with van der Waals surface area (Å²) in [5.41, 5.74) is 3.93. The van der Waals surface area contributed by atoms with Crippen LogP contribution in [0.4, 0.5) is 5.69 Å². The van der Waals surface area contributed by atoms with Gasteiger partial charge in [-0.1, -0.05) is 12.1 Å². The molecule has 0 bridgehead atoms. The number of nitrogens with one attached hydrogen (secondary N) is 1. The molecule has 0 saturated carbocycles. The van der Waals surface area contributed by atoms with Gasteiger partial charge < -0.3 is 5.32 Å². The first-order valence-corrected chi connectivity index (χ1v) is 11.2. The molecule has 0 spiro atoms. The molecular weight excluding hydrogens is 390 g/mol. The lowest BCUT2D eigenvalue weighted by Crippen LogP contribution is -2.24. The van der Waals surface area contributed by atoms with Gasteiger partial charge in [0.15, 0.2) is 9.84 Å². The second kappa shape index (κ2) is 7.18. The summed E-state index contributed by atoms with van der Waals surface area (Å²) in [4.78, 5) is 24.6. The van der Waals surface area contributed by atoms with E-state index in [4.69, 9.17) is 0 Å². The zero-order valence-corrected chi connectivity index (χ0v) is 17.3. The second-order valence-corrected chi connectivity index (χ2v) is 9.50. The molecule has 1 N–H and O–H groups in total. The van der Waals surface area contributed by atoms with E-state index in [0.717, 1.165) is 31.2 Å². The van der Waals surface area contributed by atoms with Gasteiger partial charge >= 0.3 is 5.69 Å². The summed E-state index contributed by atoms with van der Waals surface area (Å²) < 4.78 is 28.5. The molecule has 1 amide bonds. The first-order chi connectivity index (χ1) is 13.8. The normalized spacial score (nSPS) is 14.0. The van der Waals surface area contributed by atoms with Crippen molar-refractivity contribution in [2.24, 2.45) is 14.1 Å². The summed E-state index contributed by atoms with van der Waals surface area (Å²) in [7, 11) is -0.628. The van der Waals surface area contributed by atoms with E-state index in [1.54, 1.807) is 20.2 Å². The molecule has 0 radical (unpaired) electrons. The van der Waals surface area contributed by atoms with Crippen LogP contribution in [0.1, 0.15) is 24.0 Å². The van der Waals surface area contributed by atoms with Crippen molar-refractivity contribution >= 4 is 32.5 Å². The summed E-state index contributed by atoms with van der Waals surface area (Å²) in [5.74, 6) is -1.21. The van der Waals surface area contributed by atoms with Gasteiger partial charge in [-0.25, -0.2) is 13.2 Å². The van der Waals surface area contributed by atoms with E-state index in [0.29, 0.717) is 16.7 Å². The van der Waals surface area contributed by atoms with Crippen molar-refractivity contribution in [3.05, 3.63) is 58.0 Å². The number of hydrogen-bond acceptors (Lipinski definition) is 4. The molecule has 8 heteroatoms. The van der Waals surface area contributed by atoms with E-state index in [2.05, 4.69) is 11.4 Å². The SMILES string of the molecule is Cn1c(=O)n(C)c2cc(S(=O)(=O)CC(=O)Nc3cccc4c3CCCC4)ccc21. The molecule has 152 valence electrons. The molecule has 0 saturated heterocycles. The number of sulfone groups is 1. The minimum atomic E-state index is -3.85. The Kier molecular flexibility index (Phi) is 4.82. The van der Waals surface area contributed by atoms with E-state index in [-0.39, 0.29) is 10.6 Å². The van der Waals surface area contributed by atoms with E-state index in [9.17, 15) is 18.0 Å². The number of rotatable bonds is 4. The van der Waals surface area contributed by atoms with Crippen LogP contribution in [0.2, 0.25) is 0 Å². The molecule has 4 rings (SSSR count). The van der Waals surface area contributed by atoms with E-state index >= 15 is 0 Å². The lowest BCUT2D eigenvalue weighted by atomic mass is 9.90. The van der Waals surface area contributed by atoms with E-state index < -0.39 is 21.5 Å². The molecule has 1 aliphatic carbocycles. The summed E-state index contributed by atoms with van der Waals surface area (Å²) in [6.07, 6.45) is 4.06. The number of anilines is 1. The minimum Gasteiger partial charge on any atom is -0.325 e. The standard InChI is InChI=1S/C21H23N3O4S/c1-23-18-11-10-15(12-19(18)24(2)21(23)26)29(27,28)13-20(25)22-17-9-5-7-14-6-3-4-8-16(14)17/h5,7,9-12H,3-4,6,8,13H2,1-2H3,(H,22,25). The number of hydrogen-bond donors (Lipinski definition) is 1. The van der Waals surface area contributed by atoms with Crippen LogP contribution in [-0.4, -0.2) is 29.2 Å². The summed E-state index contributed by atoms with van der Waals surface area (Å²) in [5, 5.41) is 2.78. The van der Waals surface area contributed by atoms with Crippen molar-refractivity contribution in [3.63, 3.8) is 0 Å². The first kappa shape index (κ1) is 19.4. The van der Waals surface area contributed by atoms with Gasteiger partial charge in [0.1, 0.15) is 5.75 Å². The number of aromatic nitrogens is 2. The smallest absolute Gasteiger partial charge is 0.325 e. The summed E-state index contributed by atoms with van der Waals surface area (Å²) in [6.45, 7) is 0. The number of amides is 1. The molecule has 2 aromatic carbocycles. The summed E-state index contributed by atoms with van der Waals surface area (Å²) >= 11 is 0. The maximum atomic E-state index is 12.8. The van der Waals surface area contributed by atoms with Crippen molar-refractivity contribution in [2.45, 2.75) is 30.6 Å². The van der Waals surface area contributed by atoms with Gasteiger partial charge in [0, 0.05) is 19.8 Å². The lowest BCUT2D eigenvalue weighted by molar-refractivity contribution is -0.113. The van der Waals surface area contributed by atoms with Crippen LogP contribution in [0.3, 0.4) is 0 Å². The van der Waals surface area contributed by atoms with Crippen LogP contribution in [-0.2, 0) is 41.6 Å². The molecule has 1 aromatic heterocycles. The Hall–Kier alpha value is -2.87. The first-order valence-electron chi connectivity index (χ1n) is 9.57. The Labute approximate surface area is 168 Å². The predicted molar refractivity (Wildman–Crippen MR) is 112 cm³/mol. The average molecular weight is 413 g/mol. The van der Waals surface area contributed by atoms with E-state index in [1.807, 2.05) is 12.1 Å². The molecule has 0 atom stereocenters. The number of imidazole rings is 1. The topological polar surface area (TPSA) is 90.2 Å². The molecule has 7 nitrogen and oxygen atoms in total. The van der Waals surface area contributed by atoms with Gasteiger partial charge in [-0.05, 0) is 61.1 Å². The highest BCUT2D eigenvalue weighted by Crippen LogP contribution is 2.28. The van der Waals surface area contributed by atoms with Gasteiger partial charge in [0.2, 0.25) is 5.91 Å². The quantitative estimate of drug-likeness (QED) is 0.710. The van der Waals surface area contributed by atoms with Crippen molar-refractivity contribution in [1.82, 2.24) is 9.13 Å². The molecule has 29 heavy (non-hydrogen) atoms. The van der Waals surface area contributed by atoms with Crippen LogP contribution in [0.25, 0.3) is 11.0 Å². The second-order valence-electron chi connectivity index (χ2n) is 7.51. The third-order valence-corrected chi connectivity index (χ3v) is 7.21. The van der Waals surface area contributed by atoms with Gasteiger partial charge in [-0.15, -0.1) is 0 Å². The molecule has 3 aromatic rings. The molecule has 1 aliphatic rings. The minimum absolute atomic E-state index is 0.0245. The number of carbonyl (C=O) groups excluding carboxylic acids is 1. The van der Waals surface area contributed by atoms with Gasteiger partial charge in [0.05, 0.1) is 15.9 Å². The van der Waals surface area contributed by atoms with Gasteiger partial charge in [-0.3, -0.25) is 13.9 Å². The fourth-order valence-electron chi connectivity index (χ4n) is 4.02. The number of nitrogens with zero attached hydrogens (tertiary/aromatic N) is 2. The highest BCUT2D eigenvalue weighted by atomic mass is 32.2. The van der Waals surface area contributed by atoms with Crippen LogP contribution in [0.5, 0.6) is 0 Å². The number of benzene rings is 2. The Morgan fingerprint density at radius 1 is 1.03 bits per heavy atom. The Bertz CT molecular complexity index is 1290. The lowest BCUT2D eigenvalue weighted by Gasteiger charge is -2.19. The van der Waals surface area contributed by atoms with Crippen molar-refractivity contribution in [3.8, 4) is 0 Å². The largest absolute Gasteiger partial charge is 0.328 e. The maximum absolute atomic E-state index is 12.8. The van der Waals surface area contributed by atoms with Crippen LogP contribution >= 0.6 is 0 Å². The molecular formula is C21H23N3O4S. The molecule has 0 aliphatic heterocycles. The number of carbonyl (C=O) groups is 1. The van der Waals surface area contributed by atoms with Crippen molar-refractivity contribution in [2.75, 3.05) is 11.1 Å². The Morgan fingerprint density at radius 2 is 1.76 bits per heavy atom. The molecule has 1 heterocycles. The van der Waals surface area contributed by atoms with Crippen LogP contribution < -0.4 is 11.0 Å². The monoisotopic (exact) mass is 413 g/mol. The third-order valence-electron chi connectivity index (χ3n) is 5.59. The zero-order chi connectivity index (χ0) is 20.8. The highest BCUT2D eigenvalue weighted by molar-refractivity contribution is 7.92. The molecule has 0 fully saturated rings. The Morgan fingerprint density at radius 3 is 2.55 bits per heavy atom. The maximum Gasteiger partial charge on any atom is 0.328 e. The van der Waals surface area contributed by atoms with E-state index in [1.165, 1.54) is 26.8 Å². The number of aryl methyl sites for hydroxylation is 3. The van der Waals surface area contributed by atoms with Gasteiger partial charge in [0.25, 0.3) is 0 Å². The van der Waals surface area contributed by atoms with Crippen LogP contribution in [0, 0.1) is 0 Å². The average Bonchev–Trinajstić information content (AvgIpc) is 2.92. The predicted octanol–water partition coefficient (Wildman–Crippen LogP) is 2.17. The number of fused-ring (bicyclic) bond motifs is 2. The fourth-order valence-corrected chi connectivity index (χ4v) is 5.17. The Balaban J connectivity index is 1.59. The molecule has 0 unspecified atom stereocenters. The fraction of sp³-hybridized carbons (Fsp3) is 0.333. The van der Waals surface area contributed by atoms with Gasteiger partial charge in [-0.2, -0.15) is 0 Å². The highest BCUT2D eigenvalue weighted by Gasteiger charge is 2.22. The summed E-state index contributed by atoms with van der Waals surface area (Å²) in [6, 6.07) is 10.2. The van der Waals surface area contributed by atoms with Crippen molar-refractivity contribution < 1.29 is 13.2 Å². The van der Waals surface area contributed by atoms with Crippen molar-refractivity contribution in [1.29, 1.82) is 0 Å².